The van der Waals surface area contributed by atoms with E-state index >= 15 is 0 Å². The zero-order valence-corrected chi connectivity index (χ0v) is 23.1. The van der Waals surface area contributed by atoms with Crippen molar-refractivity contribution in [1.29, 1.82) is 0 Å². The number of carbonyl (C=O) groups excluding carboxylic acids is 2. The number of aliphatic hydroxyl groups is 2. The van der Waals surface area contributed by atoms with Crippen molar-refractivity contribution in [3.8, 4) is 0 Å². The van der Waals surface area contributed by atoms with Crippen LogP contribution in [0.1, 0.15) is 72.6 Å². The van der Waals surface area contributed by atoms with E-state index in [1.807, 2.05) is 13.0 Å². The fourth-order valence-corrected chi connectivity index (χ4v) is 10.4. The molecule has 0 spiro atoms. The summed E-state index contributed by atoms with van der Waals surface area (Å²) in [6.45, 7) is 12.6. The second-order valence-corrected chi connectivity index (χ2v) is 14.6. The molecule has 3 unspecified atom stereocenters. The molecule has 4 N–H and O–H groups in total. The van der Waals surface area contributed by atoms with Gasteiger partial charge in [0, 0.05) is 34.5 Å². The van der Waals surface area contributed by atoms with Gasteiger partial charge in [0.15, 0.2) is 0 Å². The smallest absolute Gasteiger partial charge is 0.316 e. The molecule has 2 bridgehead atoms. The summed E-state index contributed by atoms with van der Waals surface area (Å²) in [7, 11) is 0. The molecule has 0 aromatic rings. The van der Waals surface area contributed by atoms with Crippen LogP contribution >= 0.6 is 11.8 Å². The van der Waals surface area contributed by atoms with Crippen molar-refractivity contribution < 1.29 is 24.5 Å². The second kappa shape index (κ2) is 9.10. The molecule has 6 nitrogen and oxygen atoms in total. The van der Waals surface area contributed by atoms with Gasteiger partial charge in [0.1, 0.15) is 11.9 Å². The van der Waals surface area contributed by atoms with Gasteiger partial charge in [-0.1, -0.05) is 33.8 Å². The fourth-order valence-electron chi connectivity index (χ4n) is 9.25. The first-order valence-corrected chi connectivity index (χ1v) is 15.0. The lowest BCUT2D eigenvalue weighted by atomic mass is 9.44. The summed E-state index contributed by atoms with van der Waals surface area (Å²) in [6.07, 6.45) is 5.64. The third-order valence-corrected chi connectivity index (χ3v) is 13.3. The van der Waals surface area contributed by atoms with Crippen molar-refractivity contribution >= 4 is 23.5 Å². The summed E-state index contributed by atoms with van der Waals surface area (Å²) in [5.41, 5.74) is 4.72. The lowest BCUT2D eigenvalue weighted by Gasteiger charge is -2.61. The topological polar surface area (TPSA) is 110 Å². The highest BCUT2D eigenvalue weighted by atomic mass is 32.2. The van der Waals surface area contributed by atoms with Crippen LogP contribution in [0.4, 0.5) is 0 Å². The maximum atomic E-state index is 13.5. The lowest BCUT2D eigenvalue weighted by Crippen LogP contribution is -2.63. The van der Waals surface area contributed by atoms with Crippen molar-refractivity contribution in [3.05, 3.63) is 12.7 Å². The summed E-state index contributed by atoms with van der Waals surface area (Å²) in [5, 5.41) is 22.3. The molecule has 7 heteroatoms. The Morgan fingerprint density at radius 1 is 1.22 bits per heavy atom. The largest absolute Gasteiger partial charge is 0.461 e. The highest BCUT2D eigenvalue weighted by molar-refractivity contribution is 8.00. The van der Waals surface area contributed by atoms with E-state index in [9.17, 15) is 19.8 Å². The van der Waals surface area contributed by atoms with Crippen LogP contribution in [0, 0.1) is 45.8 Å². The van der Waals surface area contributed by atoms with Crippen LogP contribution in [0.3, 0.4) is 0 Å². The molecule has 36 heavy (non-hydrogen) atoms. The molecular weight excluding hydrogens is 474 g/mol. The summed E-state index contributed by atoms with van der Waals surface area (Å²) in [5.74, 6) is 0.720. The van der Waals surface area contributed by atoms with Gasteiger partial charge in [0.2, 0.25) is 0 Å². The quantitative estimate of drug-likeness (QED) is 0.375. The average molecular weight is 520 g/mol. The predicted octanol–water partition coefficient (Wildman–Crippen LogP) is 3.72. The maximum absolute atomic E-state index is 13.5. The molecule has 0 aliphatic heterocycles. The number of hydrogen-bond donors (Lipinski definition) is 3. The molecule has 13 atom stereocenters. The summed E-state index contributed by atoms with van der Waals surface area (Å²) >= 11 is 1.48. The Labute approximate surface area is 220 Å². The van der Waals surface area contributed by atoms with Gasteiger partial charge >= 0.3 is 5.97 Å². The minimum atomic E-state index is -0.662. The first kappa shape index (κ1) is 26.7. The highest BCUT2D eigenvalue weighted by Crippen LogP contribution is 2.68. The van der Waals surface area contributed by atoms with E-state index in [0.717, 1.165) is 32.1 Å². The molecule has 5 saturated carbocycles. The Kier molecular flexibility index (Phi) is 6.75. The molecule has 0 heterocycles. The van der Waals surface area contributed by atoms with Crippen LogP contribution in [0.25, 0.3) is 0 Å². The van der Waals surface area contributed by atoms with Crippen molar-refractivity contribution in [2.24, 2.45) is 51.6 Å². The zero-order chi connectivity index (χ0) is 26.2. The van der Waals surface area contributed by atoms with Gasteiger partial charge in [-0.15, -0.1) is 18.3 Å². The summed E-state index contributed by atoms with van der Waals surface area (Å²) in [4.78, 5) is 26.8. The number of thioether (sulfide) groups is 1. The van der Waals surface area contributed by atoms with Gasteiger partial charge < -0.3 is 20.7 Å². The number of Topliss-reactive ketones (excluding diaryl/α,β-unsaturated/α-hetero) is 1. The van der Waals surface area contributed by atoms with Crippen LogP contribution in [-0.2, 0) is 14.3 Å². The van der Waals surface area contributed by atoms with Crippen molar-refractivity contribution in [2.45, 2.75) is 102 Å². The molecule has 5 rings (SSSR count). The van der Waals surface area contributed by atoms with Crippen molar-refractivity contribution in [1.82, 2.24) is 0 Å². The molecule has 0 amide bonds. The van der Waals surface area contributed by atoms with Gasteiger partial charge in [-0.05, 0) is 67.6 Å². The number of esters is 1. The van der Waals surface area contributed by atoms with Crippen LogP contribution in [0.15, 0.2) is 12.7 Å². The van der Waals surface area contributed by atoms with Crippen LogP contribution < -0.4 is 5.73 Å². The monoisotopic (exact) mass is 519 g/mol. The molecule has 5 aliphatic carbocycles. The Bertz CT molecular complexity index is 927. The Morgan fingerprint density at radius 3 is 2.58 bits per heavy atom. The zero-order valence-electron chi connectivity index (χ0n) is 22.3. The molecule has 5 fully saturated rings. The first-order valence-electron chi connectivity index (χ1n) is 14.0. The number of aliphatic hydroxyl groups excluding tert-OH is 2. The van der Waals surface area contributed by atoms with E-state index in [1.54, 1.807) is 0 Å². The molecule has 0 aromatic carbocycles. The predicted molar refractivity (Wildman–Crippen MR) is 141 cm³/mol. The van der Waals surface area contributed by atoms with Crippen LogP contribution in [0.5, 0.6) is 0 Å². The Balaban J connectivity index is 1.40. The maximum Gasteiger partial charge on any atom is 0.316 e. The van der Waals surface area contributed by atoms with Gasteiger partial charge in [0.25, 0.3) is 0 Å². The summed E-state index contributed by atoms with van der Waals surface area (Å²) < 4.78 is 6.33. The van der Waals surface area contributed by atoms with Crippen molar-refractivity contribution in [3.63, 3.8) is 0 Å². The number of ketones is 1. The molecular formula is C29H45NO5S. The lowest BCUT2D eigenvalue weighted by molar-refractivity contribution is -0.205. The van der Waals surface area contributed by atoms with Gasteiger partial charge in [-0.25, -0.2) is 0 Å². The standard InChI is InChI=1S/C29H45NO5S/c1-6-27(4)13-22(35-23(32)14-36-21-12-17-18(24(21)33)11-19(17)30)28(5)15(2)7-9-29(16(3)26(27)34)10-8-20(31)25(28)29/h6,15-19,21-22,24-26,33-34H,1,7-14,30H2,2-5H3/t15?,16-,17-,18-,19+,21+,22+,24+,25-,26?,27+,28-,29?/m0/s1. The average Bonchev–Trinajstić information content (AvgIpc) is 3.32. The third kappa shape index (κ3) is 3.70. The van der Waals surface area contributed by atoms with E-state index in [2.05, 4.69) is 27.4 Å². The molecule has 0 radical (unpaired) electrons. The number of carbonyl (C=O) groups is 2. The SMILES string of the molecule is C=C[C@]1(C)C[C@@H](OC(=O)CS[C@@H]2C[C@H]3[C@H](C[C@H]3N)[C@H]2O)[C@]2(C)C(C)CCC3(CCC(=O)[C@H]32)[C@@H](C)C1O. The van der Waals surface area contributed by atoms with Crippen LogP contribution in [-0.4, -0.2) is 57.3 Å². The fraction of sp³-hybridized carbons (Fsp3) is 0.862. The second-order valence-electron chi connectivity index (χ2n) is 13.4. The highest BCUT2D eigenvalue weighted by Gasteiger charge is 2.68. The number of ether oxygens (including phenoxy) is 1. The molecule has 5 aliphatic rings. The minimum Gasteiger partial charge on any atom is -0.461 e. The van der Waals surface area contributed by atoms with E-state index in [1.165, 1.54) is 11.8 Å². The molecule has 202 valence electrons. The first-order chi connectivity index (χ1) is 16.9. The van der Waals surface area contributed by atoms with Gasteiger partial charge in [0.05, 0.1) is 18.0 Å². The number of rotatable bonds is 5. The number of nitrogens with two attached hydrogens (primary N) is 1. The number of fused-ring (bicyclic) bond motifs is 1. The van der Waals surface area contributed by atoms with Gasteiger partial charge in [-0.2, -0.15) is 0 Å². The van der Waals surface area contributed by atoms with Crippen LogP contribution in [0.2, 0.25) is 0 Å². The van der Waals surface area contributed by atoms with E-state index in [0.29, 0.717) is 18.8 Å². The Morgan fingerprint density at radius 2 is 1.94 bits per heavy atom. The normalized spacial score (nSPS) is 54.0. The molecule has 0 aromatic heterocycles. The van der Waals surface area contributed by atoms with E-state index in [-0.39, 0.29) is 57.9 Å². The Hall–Kier alpha value is -0.890. The third-order valence-electron chi connectivity index (χ3n) is 12.0. The van der Waals surface area contributed by atoms with Crippen molar-refractivity contribution in [2.75, 3.05) is 5.75 Å². The number of hydrogen-bond acceptors (Lipinski definition) is 7. The van der Waals surface area contributed by atoms with Gasteiger partial charge in [-0.3, -0.25) is 9.59 Å². The van der Waals surface area contributed by atoms with E-state index in [4.69, 9.17) is 10.5 Å². The van der Waals surface area contributed by atoms with E-state index < -0.39 is 29.1 Å². The summed E-state index contributed by atoms with van der Waals surface area (Å²) in [6, 6.07) is 0.166. The minimum absolute atomic E-state index is 0.00722. The molecule has 0 saturated heterocycles.